The molecule has 2 heterocycles. The van der Waals surface area contributed by atoms with E-state index in [1.807, 2.05) is 6.92 Å². The van der Waals surface area contributed by atoms with E-state index < -0.39 is 29.8 Å². The molecule has 37 heavy (non-hydrogen) atoms. The van der Waals surface area contributed by atoms with Crippen molar-refractivity contribution >= 4 is 93.0 Å². The lowest BCUT2D eigenvalue weighted by Crippen LogP contribution is -2.67. The summed E-state index contributed by atoms with van der Waals surface area (Å²) in [4.78, 5) is 42.9. The van der Waals surface area contributed by atoms with E-state index in [9.17, 15) is 14.4 Å². The van der Waals surface area contributed by atoms with Crippen LogP contribution in [0.4, 0.5) is 5.69 Å². The molecule has 6 nitrogen and oxygen atoms in total. The van der Waals surface area contributed by atoms with Crippen LogP contribution in [0.15, 0.2) is 42.5 Å². The van der Waals surface area contributed by atoms with Gasteiger partial charge in [-0.05, 0) is 42.8 Å². The molecule has 190 valence electrons. The van der Waals surface area contributed by atoms with Gasteiger partial charge >= 0.3 is 0 Å². The van der Waals surface area contributed by atoms with Gasteiger partial charge < -0.3 is 9.64 Å². The van der Waals surface area contributed by atoms with Gasteiger partial charge in [0.05, 0.1) is 43.9 Å². The molecule has 1 fully saturated rings. The quantitative estimate of drug-likeness (QED) is 0.127. The van der Waals surface area contributed by atoms with Crippen molar-refractivity contribution in [3.05, 3.63) is 89.3 Å². The molecule has 5 rings (SSSR count). The van der Waals surface area contributed by atoms with Gasteiger partial charge in [-0.3, -0.25) is 19.3 Å². The SMILES string of the molecule is CCOc1ccc(C2C(N3C(=O)c4c(Cl)c(Cl)c(Cl)c(Cl)c4C3=O)C(=O)N2c2cc(Cl)cc(Cl)c2)cc1. The number of nitrogens with zero attached hydrogens (tertiary/aromatic N) is 2. The summed E-state index contributed by atoms with van der Waals surface area (Å²) in [6, 6.07) is 9.64. The summed E-state index contributed by atoms with van der Waals surface area (Å²) in [5.74, 6) is -1.52. The number of fused-ring (bicyclic) bond motifs is 1. The van der Waals surface area contributed by atoms with E-state index in [1.54, 1.807) is 36.4 Å². The summed E-state index contributed by atoms with van der Waals surface area (Å²) in [6.07, 6.45) is 0. The maximum absolute atomic E-state index is 13.6. The number of carbonyl (C=O) groups is 3. The fraction of sp³-hybridized carbons (Fsp3) is 0.160. The van der Waals surface area contributed by atoms with Crippen LogP contribution < -0.4 is 9.64 Å². The van der Waals surface area contributed by atoms with Crippen molar-refractivity contribution in [2.45, 2.75) is 19.0 Å². The van der Waals surface area contributed by atoms with Gasteiger partial charge in [-0.15, -0.1) is 0 Å². The molecule has 3 amide bonds. The first-order valence-electron chi connectivity index (χ1n) is 10.8. The number of imide groups is 1. The highest BCUT2D eigenvalue weighted by atomic mass is 35.5. The highest BCUT2D eigenvalue weighted by Crippen LogP contribution is 2.49. The summed E-state index contributed by atoms with van der Waals surface area (Å²) < 4.78 is 5.52. The first-order valence-corrected chi connectivity index (χ1v) is 13.1. The molecule has 0 saturated carbocycles. The van der Waals surface area contributed by atoms with Gasteiger partial charge in [0.15, 0.2) is 0 Å². The molecule has 2 aliphatic rings. The van der Waals surface area contributed by atoms with Gasteiger partial charge in [0.1, 0.15) is 11.8 Å². The van der Waals surface area contributed by atoms with E-state index in [0.717, 1.165) is 4.90 Å². The maximum Gasteiger partial charge on any atom is 0.264 e. The van der Waals surface area contributed by atoms with Gasteiger partial charge in [0, 0.05) is 15.7 Å². The number of β-lactam (4-membered cyclic amide) rings is 1. The summed E-state index contributed by atoms with van der Waals surface area (Å²) in [5, 5.41) is -0.119. The van der Waals surface area contributed by atoms with Crippen LogP contribution in [0.2, 0.25) is 30.1 Å². The highest BCUT2D eigenvalue weighted by Gasteiger charge is 2.58. The second-order valence-corrected chi connectivity index (χ2v) is 10.6. The van der Waals surface area contributed by atoms with Crippen molar-refractivity contribution in [2.24, 2.45) is 0 Å². The number of halogens is 6. The van der Waals surface area contributed by atoms with E-state index in [4.69, 9.17) is 74.3 Å². The number of anilines is 1. The molecule has 0 aliphatic carbocycles. The van der Waals surface area contributed by atoms with Crippen LogP contribution in [-0.2, 0) is 4.79 Å². The number of ether oxygens (including phenoxy) is 1. The monoisotopic (exact) mass is 616 g/mol. The molecule has 3 aromatic carbocycles. The number of hydrogen-bond acceptors (Lipinski definition) is 4. The summed E-state index contributed by atoms with van der Waals surface area (Å²) in [6.45, 7) is 2.33. The third kappa shape index (κ3) is 4.15. The number of benzene rings is 3. The van der Waals surface area contributed by atoms with Crippen molar-refractivity contribution in [2.75, 3.05) is 11.5 Å². The molecule has 12 heteroatoms. The Labute approximate surface area is 241 Å². The predicted molar refractivity (Wildman–Crippen MR) is 145 cm³/mol. The lowest BCUT2D eigenvalue weighted by molar-refractivity contribution is -0.130. The lowest BCUT2D eigenvalue weighted by atomic mass is 9.86. The van der Waals surface area contributed by atoms with Gasteiger partial charge in [-0.1, -0.05) is 81.7 Å². The topological polar surface area (TPSA) is 66.9 Å². The van der Waals surface area contributed by atoms with Crippen LogP contribution in [0.25, 0.3) is 0 Å². The lowest BCUT2D eigenvalue weighted by Gasteiger charge is -2.49. The normalized spacial score (nSPS) is 18.8. The molecule has 2 atom stereocenters. The van der Waals surface area contributed by atoms with E-state index >= 15 is 0 Å². The fourth-order valence-corrected chi connectivity index (χ4v) is 6.10. The number of rotatable bonds is 5. The van der Waals surface area contributed by atoms with E-state index in [-0.39, 0.29) is 31.2 Å². The van der Waals surface area contributed by atoms with Gasteiger partial charge in [-0.2, -0.15) is 0 Å². The van der Waals surface area contributed by atoms with Crippen molar-refractivity contribution in [1.82, 2.24) is 4.90 Å². The van der Waals surface area contributed by atoms with Crippen molar-refractivity contribution < 1.29 is 19.1 Å². The summed E-state index contributed by atoms with van der Waals surface area (Å²) in [5.41, 5.74) is 0.632. The Balaban J connectivity index is 1.62. The third-order valence-corrected chi connectivity index (χ3v) is 8.37. The minimum Gasteiger partial charge on any atom is -0.494 e. The minimum absolute atomic E-state index is 0.159. The molecule has 0 bridgehead atoms. The number of hydrogen-bond donors (Lipinski definition) is 0. The van der Waals surface area contributed by atoms with Crippen LogP contribution in [0.1, 0.15) is 39.2 Å². The number of amides is 3. The van der Waals surface area contributed by atoms with Crippen molar-refractivity contribution in [3.8, 4) is 5.75 Å². The van der Waals surface area contributed by atoms with Crippen LogP contribution in [0.3, 0.4) is 0 Å². The largest absolute Gasteiger partial charge is 0.494 e. The molecular formula is C25H14Cl6N2O4. The molecule has 0 aromatic heterocycles. The van der Waals surface area contributed by atoms with Gasteiger partial charge in [0.25, 0.3) is 17.7 Å². The van der Waals surface area contributed by atoms with Crippen LogP contribution in [-0.4, -0.2) is 35.3 Å². The Kier molecular flexibility index (Phi) is 7.03. The molecule has 3 aromatic rings. The third-order valence-electron chi connectivity index (χ3n) is 6.14. The van der Waals surface area contributed by atoms with Crippen molar-refractivity contribution in [3.63, 3.8) is 0 Å². The minimum atomic E-state index is -1.22. The Morgan fingerprint density at radius 1 is 0.703 bits per heavy atom. The van der Waals surface area contributed by atoms with E-state index in [0.29, 0.717) is 33.7 Å². The Bertz CT molecular complexity index is 1430. The first kappa shape index (κ1) is 26.4. The van der Waals surface area contributed by atoms with Crippen LogP contribution >= 0.6 is 69.6 Å². The predicted octanol–water partition coefficient (Wildman–Crippen LogP) is 7.76. The maximum atomic E-state index is 13.6. The zero-order chi connectivity index (χ0) is 26.8. The van der Waals surface area contributed by atoms with Crippen LogP contribution in [0, 0.1) is 0 Å². The fourth-order valence-electron chi connectivity index (χ4n) is 4.57. The summed E-state index contributed by atoms with van der Waals surface area (Å²) in [7, 11) is 0. The second-order valence-electron chi connectivity index (χ2n) is 8.21. The van der Waals surface area contributed by atoms with E-state index in [1.165, 1.54) is 11.0 Å². The Morgan fingerprint density at radius 2 is 1.22 bits per heavy atom. The average Bonchev–Trinajstić information content (AvgIpc) is 3.10. The molecular weight excluding hydrogens is 605 g/mol. The van der Waals surface area contributed by atoms with Crippen LogP contribution in [0.5, 0.6) is 5.75 Å². The smallest absolute Gasteiger partial charge is 0.264 e. The average molecular weight is 619 g/mol. The standard InChI is InChI=1S/C25H14Cl6N2O4/c1-2-37-14-5-3-10(4-6-14)21-22(25(36)32(21)13-8-11(26)7-12(27)9-13)33-23(34)15-16(24(33)35)18(29)20(31)19(30)17(15)28/h3-9,21-22H,2H2,1H3. The Morgan fingerprint density at radius 3 is 1.70 bits per heavy atom. The molecule has 0 radical (unpaired) electrons. The van der Waals surface area contributed by atoms with Crippen molar-refractivity contribution in [1.29, 1.82) is 0 Å². The molecule has 2 unspecified atom stereocenters. The van der Waals surface area contributed by atoms with E-state index in [2.05, 4.69) is 0 Å². The second kappa shape index (κ2) is 9.84. The molecule has 0 spiro atoms. The van der Waals surface area contributed by atoms with Gasteiger partial charge in [-0.25, -0.2) is 0 Å². The number of carbonyl (C=O) groups excluding carboxylic acids is 3. The zero-order valence-electron chi connectivity index (χ0n) is 18.7. The molecule has 1 saturated heterocycles. The summed E-state index contributed by atoms with van der Waals surface area (Å²) >= 11 is 37.2. The molecule has 2 aliphatic heterocycles. The Hall–Kier alpha value is -2.19. The molecule has 0 N–H and O–H groups in total. The van der Waals surface area contributed by atoms with Gasteiger partial charge in [0.2, 0.25) is 0 Å². The highest BCUT2D eigenvalue weighted by molar-refractivity contribution is 6.55. The zero-order valence-corrected chi connectivity index (χ0v) is 23.2. The first-order chi connectivity index (χ1) is 17.6.